The number of nitriles is 1. The lowest BCUT2D eigenvalue weighted by Gasteiger charge is -2.13. The van der Waals surface area contributed by atoms with Crippen LogP contribution in [0, 0.1) is 24.0 Å². The molecule has 2 aromatic carbocycles. The van der Waals surface area contributed by atoms with E-state index in [0.29, 0.717) is 11.5 Å². The summed E-state index contributed by atoms with van der Waals surface area (Å²) >= 11 is 0. The Balaban J connectivity index is 2.16. The van der Waals surface area contributed by atoms with Crippen LogP contribution < -0.4 is 9.47 Å². The van der Waals surface area contributed by atoms with Gasteiger partial charge in [0.15, 0.2) is 0 Å². The summed E-state index contributed by atoms with van der Waals surface area (Å²) in [5.74, 6) is 1.42. The lowest BCUT2D eigenvalue weighted by Crippen LogP contribution is -1.96. The first kappa shape index (κ1) is 13.5. The molecule has 98 valence electrons. The molecule has 2 aromatic rings. The molecule has 20 heavy (non-hydrogen) atoms. The normalized spacial score (nSPS) is 10.9. The molecule has 0 aliphatic carbocycles. The summed E-state index contributed by atoms with van der Waals surface area (Å²) in [6.07, 6.45) is 8.88. The van der Waals surface area contributed by atoms with Gasteiger partial charge in [-0.1, -0.05) is 37.6 Å². The summed E-state index contributed by atoms with van der Waals surface area (Å²) in [6.45, 7) is 2.11. The molecule has 0 aliphatic heterocycles. The van der Waals surface area contributed by atoms with Gasteiger partial charge in [-0.25, -0.2) is 0 Å². The minimum absolute atomic E-state index is 0.228. The Hall–Kier alpha value is -2.91. The maximum absolute atomic E-state index is 8.45. The van der Waals surface area contributed by atoms with Crippen LogP contribution in [0.1, 0.15) is 24.0 Å². The highest BCUT2D eigenvalue weighted by Gasteiger charge is 2.08. The van der Waals surface area contributed by atoms with E-state index in [2.05, 4.69) is 13.0 Å². The van der Waals surface area contributed by atoms with E-state index in [1.54, 1.807) is 18.4 Å². The molecule has 0 bridgehead atoms. The second kappa shape index (κ2) is 6.31. The van der Waals surface area contributed by atoms with Crippen LogP contribution in [0.15, 0.2) is 48.5 Å². The largest absolute Gasteiger partial charge is 0.408 e. The summed E-state index contributed by atoms with van der Waals surface area (Å²) in [7, 11) is 0. The van der Waals surface area contributed by atoms with Gasteiger partial charge in [-0.05, 0) is 35.4 Å². The quantitative estimate of drug-likeness (QED) is 0.624. The molecule has 3 nitrogen and oxygen atoms in total. The summed E-state index contributed by atoms with van der Waals surface area (Å²) in [6, 6.07) is 15.1. The van der Waals surface area contributed by atoms with E-state index < -0.39 is 0 Å². The van der Waals surface area contributed by atoms with Gasteiger partial charge in [-0.15, -0.1) is 5.26 Å². The number of ether oxygens (including phenoxy) is 2. The predicted octanol–water partition coefficient (Wildman–Crippen LogP) is 3.67. The van der Waals surface area contributed by atoms with Crippen LogP contribution >= 0.6 is 0 Å². The van der Waals surface area contributed by atoms with Crippen molar-refractivity contribution in [1.82, 2.24) is 0 Å². The van der Waals surface area contributed by atoms with Crippen LogP contribution in [0.4, 0.5) is 0 Å². The average molecular weight is 263 g/mol. The lowest BCUT2D eigenvalue weighted by atomic mass is 9.93. The first-order valence-electron chi connectivity index (χ1n) is 6.13. The molecule has 3 heteroatoms. The summed E-state index contributed by atoms with van der Waals surface area (Å²) in [5, 5.41) is 8.45. The lowest BCUT2D eigenvalue weighted by molar-refractivity contribution is 0.507. The molecule has 2 rings (SSSR count). The van der Waals surface area contributed by atoms with Gasteiger partial charge in [0.25, 0.3) is 6.26 Å². The molecule has 0 saturated carbocycles. The molecule has 0 amide bonds. The number of benzene rings is 2. The van der Waals surface area contributed by atoms with E-state index in [0.717, 1.165) is 11.1 Å². The summed E-state index contributed by atoms with van der Waals surface area (Å²) in [4.78, 5) is 0. The molecule has 0 N–H and O–H groups in total. The van der Waals surface area contributed by atoms with E-state index in [-0.39, 0.29) is 5.92 Å². The highest BCUT2D eigenvalue weighted by molar-refractivity contribution is 5.38. The minimum atomic E-state index is 0.228. The SMILES string of the molecule is C#COc1ccc(C(C)c2ccc(OC#N)cc2)cc1. The van der Waals surface area contributed by atoms with Crippen LogP contribution in [0.3, 0.4) is 0 Å². The molecule has 0 fully saturated rings. The number of terminal acetylenes is 1. The molecule has 0 radical (unpaired) electrons. The van der Waals surface area contributed by atoms with Crippen molar-refractivity contribution < 1.29 is 9.47 Å². The predicted molar refractivity (Wildman–Crippen MR) is 76.1 cm³/mol. The topological polar surface area (TPSA) is 42.2 Å². The fraction of sp³-hybridized carbons (Fsp3) is 0.118. The second-order valence-corrected chi connectivity index (χ2v) is 4.27. The highest BCUT2D eigenvalue weighted by atomic mass is 16.5. The average Bonchev–Trinajstić information content (AvgIpc) is 2.49. The Morgan fingerprint density at radius 1 is 0.900 bits per heavy atom. The zero-order valence-corrected chi connectivity index (χ0v) is 11.0. The van der Waals surface area contributed by atoms with E-state index in [1.807, 2.05) is 36.4 Å². The van der Waals surface area contributed by atoms with Crippen molar-refractivity contribution >= 4 is 0 Å². The van der Waals surface area contributed by atoms with Gasteiger partial charge in [0.05, 0.1) is 0 Å². The fourth-order valence-corrected chi connectivity index (χ4v) is 1.96. The van der Waals surface area contributed by atoms with Crippen molar-refractivity contribution in [3.05, 3.63) is 59.7 Å². The smallest absolute Gasteiger partial charge is 0.292 e. The van der Waals surface area contributed by atoms with Gasteiger partial charge < -0.3 is 9.47 Å². The first-order valence-corrected chi connectivity index (χ1v) is 6.13. The summed E-state index contributed by atoms with van der Waals surface area (Å²) in [5.41, 5.74) is 2.30. The number of hydrogen-bond acceptors (Lipinski definition) is 3. The number of hydrogen-bond donors (Lipinski definition) is 0. The van der Waals surface area contributed by atoms with Crippen LogP contribution in [0.25, 0.3) is 0 Å². The van der Waals surface area contributed by atoms with Gasteiger partial charge in [0.1, 0.15) is 17.6 Å². The van der Waals surface area contributed by atoms with Gasteiger partial charge >= 0.3 is 0 Å². The molecule has 0 saturated heterocycles. The van der Waals surface area contributed by atoms with Crippen LogP contribution in [-0.2, 0) is 0 Å². The van der Waals surface area contributed by atoms with Crippen molar-refractivity contribution in [3.63, 3.8) is 0 Å². The molecule has 0 heterocycles. The van der Waals surface area contributed by atoms with Crippen molar-refractivity contribution in [2.24, 2.45) is 0 Å². The maximum atomic E-state index is 8.45. The molecule has 0 aliphatic rings. The highest BCUT2D eigenvalue weighted by Crippen LogP contribution is 2.27. The molecule has 0 spiro atoms. The maximum Gasteiger partial charge on any atom is 0.292 e. The molecular weight excluding hydrogens is 250 g/mol. The zero-order valence-electron chi connectivity index (χ0n) is 11.0. The Bertz CT molecular complexity index is 586. The zero-order chi connectivity index (χ0) is 14.4. The van der Waals surface area contributed by atoms with Crippen molar-refractivity contribution in [2.75, 3.05) is 0 Å². The van der Waals surface area contributed by atoms with Crippen LogP contribution in [0.5, 0.6) is 11.5 Å². The van der Waals surface area contributed by atoms with E-state index in [4.69, 9.17) is 21.2 Å². The van der Waals surface area contributed by atoms with Crippen LogP contribution in [-0.4, -0.2) is 0 Å². The third-order valence-electron chi connectivity index (χ3n) is 3.10. The first-order chi connectivity index (χ1) is 9.74. The fourth-order valence-electron chi connectivity index (χ4n) is 1.96. The van der Waals surface area contributed by atoms with Gasteiger partial charge in [0.2, 0.25) is 0 Å². The Kier molecular flexibility index (Phi) is 4.27. The standard InChI is InChI=1S/C17H13NO2/c1-3-19-16-8-4-14(5-9-16)13(2)15-6-10-17(11-7-15)20-12-18/h1,4-11,13H,2H3. The monoisotopic (exact) mass is 263 g/mol. The van der Waals surface area contributed by atoms with Gasteiger partial charge in [-0.2, -0.15) is 0 Å². The molecular formula is C17H13NO2. The van der Waals surface area contributed by atoms with Crippen molar-refractivity contribution in [1.29, 1.82) is 5.26 Å². The third-order valence-corrected chi connectivity index (χ3v) is 3.10. The van der Waals surface area contributed by atoms with E-state index >= 15 is 0 Å². The Morgan fingerprint density at radius 3 is 1.75 bits per heavy atom. The number of nitrogens with zero attached hydrogens (tertiary/aromatic N) is 1. The van der Waals surface area contributed by atoms with Gasteiger partial charge in [0, 0.05) is 5.92 Å². The molecule has 0 aromatic heterocycles. The molecule has 1 atom stereocenters. The minimum Gasteiger partial charge on any atom is -0.408 e. The molecule has 1 unspecified atom stereocenters. The van der Waals surface area contributed by atoms with Crippen molar-refractivity contribution in [2.45, 2.75) is 12.8 Å². The third kappa shape index (κ3) is 3.10. The number of rotatable bonds is 4. The van der Waals surface area contributed by atoms with E-state index in [1.165, 1.54) is 0 Å². The van der Waals surface area contributed by atoms with E-state index in [9.17, 15) is 0 Å². The van der Waals surface area contributed by atoms with Crippen molar-refractivity contribution in [3.8, 4) is 30.3 Å². The Morgan fingerprint density at radius 2 is 1.35 bits per heavy atom. The summed E-state index contributed by atoms with van der Waals surface area (Å²) < 4.78 is 9.73. The van der Waals surface area contributed by atoms with Gasteiger partial charge in [-0.3, -0.25) is 0 Å². The van der Waals surface area contributed by atoms with Crippen LogP contribution in [0.2, 0.25) is 0 Å². The second-order valence-electron chi connectivity index (χ2n) is 4.27. The Labute approximate surface area is 118 Å².